The van der Waals surface area contributed by atoms with E-state index in [1.807, 2.05) is 4.90 Å². The van der Waals surface area contributed by atoms with Crippen LogP contribution in [0.25, 0.3) is 0 Å². The van der Waals surface area contributed by atoms with Crippen molar-refractivity contribution >= 4 is 11.7 Å². The minimum absolute atomic E-state index is 0.216. The largest absolute Gasteiger partial charge is 0.417 e. The van der Waals surface area contributed by atoms with Gasteiger partial charge in [-0.1, -0.05) is 5.16 Å². The summed E-state index contributed by atoms with van der Waals surface area (Å²) in [5.74, 6) is 0.810. The van der Waals surface area contributed by atoms with Crippen LogP contribution in [0.2, 0.25) is 0 Å². The Balaban J connectivity index is 1.61. The van der Waals surface area contributed by atoms with E-state index in [1.165, 1.54) is 6.07 Å². The predicted molar refractivity (Wildman–Crippen MR) is 78.6 cm³/mol. The predicted octanol–water partition coefficient (Wildman–Crippen LogP) is 2.36. The average molecular weight is 340 g/mol. The summed E-state index contributed by atoms with van der Waals surface area (Å²) < 4.78 is 42.6. The smallest absolute Gasteiger partial charge is 0.361 e. The number of hydrogen-bond donors (Lipinski definition) is 0. The summed E-state index contributed by atoms with van der Waals surface area (Å²) in [5.41, 5.74) is -0.518. The molecule has 0 bridgehead atoms. The lowest BCUT2D eigenvalue weighted by molar-refractivity contribution is -0.137. The maximum Gasteiger partial charge on any atom is 0.417 e. The van der Waals surface area contributed by atoms with Gasteiger partial charge in [-0.2, -0.15) is 13.2 Å². The zero-order valence-electron chi connectivity index (χ0n) is 12.9. The third-order valence-corrected chi connectivity index (χ3v) is 3.81. The third-order valence-electron chi connectivity index (χ3n) is 3.81. The fourth-order valence-electron chi connectivity index (χ4n) is 2.51. The van der Waals surface area contributed by atoms with Gasteiger partial charge in [0.2, 0.25) is 0 Å². The molecule has 1 amide bonds. The number of rotatable bonds is 2. The van der Waals surface area contributed by atoms with Gasteiger partial charge in [-0.05, 0) is 19.1 Å². The first-order valence-corrected chi connectivity index (χ1v) is 7.35. The van der Waals surface area contributed by atoms with E-state index in [1.54, 1.807) is 17.9 Å². The van der Waals surface area contributed by atoms with Crippen molar-refractivity contribution in [2.45, 2.75) is 13.1 Å². The maximum atomic E-state index is 12.6. The SMILES string of the molecule is Cc1cc(C(=O)N2CCN(c3ccc(C(F)(F)F)cn3)CC2)no1. The number of amides is 1. The van der Waals surface area contributed by atoms with E-state index in [4.69, 9.17) is 4.52 Å². The fourth-order valence-corrected chi connectivity index (χ4v) is 2.51. The van der Waals surface area contributed by atoms with Gasteiger partial charge in [-0.15, -0.1) is 0 Å². The van der Waals surface area contributed by atoms with Crippen molar-refractivity contribution < 1.29 is 22.5 Å². The molecule has 0 radical (unpaired) electrons. The molecule has 0 spiro atoms. The molecule has 0 aliphatic carbocycles. The van der Waals surface area contributed by atoms with Crippen molar-refractivity contribution in [2.75, 3.05) is 31.1 Å². The van der Waals surface area contributed by atoms with Crippen LogP contribution in [-0.4, -0.2) is 47.1 Å². The summed E-state index contributed by atoms with van der Waals surface area (Å²) in [7, 11) is 0. The van der Waals surface area contributed by atoms with E-state index in [2.05, 4.69) is 10.1 Å². The standard InChI is InChI=1S/C15H15F3N4O2/c1-10-8-12(20-24-10)14(23)22-6-4-21(5-7-22)13-3-2-11(9-19-13)15(16,17)18/h2-3,8-9H,4-7H2,1H3. The molecular weight excluding hydrogens is 325 g/mol. The summed E-state index contributed by atoms with van der Waals surface area (Å²) >= 11 is 0. The molecule has 3 rings (SSSR count). The van der Waals surface area contributed by atoms with Crippen LogP contribution < -0.4 is 4.90 Å². The minimum Gasteiger partial charge on any atom is -0.361 e. The van der Waals surface area contributed by atoms with Crippen molar-refractivity contribution in [2.24, 2.45) is 0 Å². The van der Waals surface area contributed by atoms with E-state index >= 15 is 0 Å². The highest BCUT2D eigenvalue weighted by atomic mass is 19.4. The number of anilines is 1. The van der Waals surface area contributed by atoms with Crippen LogP contribution in [0.1, 0.15) is 21.8 Å². The van der Waals surface area contributed by atoms with Crippen molar-refractivity contribution in [3.63, 3.8) is 0 Å². The summed E-state index contributed by atoms with van der Waals surface area (Å²) in [4.78, 5) is 19.6. The van der Waals surface area contributed by atoms with Gasteiger partial charge in [-0.25, -0.2) is 4.98 Å². The monoisotopic (exact) mass is 340 g/mol. The molecule has 0 N–H and O–H groups in total. The molecule has 128 valence electrons. The van der Waals surface area contributed by atoms with Crippen LogP contribution >= 0.6 is 0 Å². The Morgan fingerprint density at radius 3 is 2.42 bits per heavy atom. The van der Waals surface area contributed by atoms with E-state index < -0.39 is 11.7 Å². The van der Waals surface area contributed by atoms with E-state index in [0.29, 0.717) is 37.8 Å². The number of carbonyl (C=O) groups excluding carboxylic acids is 1. The summed E-state index contributed by atoms with van der Waals surface area (Å²) in [6.07, 6.45) is -3.57. The van der Waals surface area contributed by atoms with Gasteiger partial charge >= 0.3 is 6.18 Å². The van der Waals surface area contributed by atoms with Gasteiger partial charge in [-0.3, -0.25) is 4.79 Å². The molecule has 6 nitrogen and oxygen atoms in total. The number of halogens is 3. The molecule has 0 saturated carbocycles. The Morgan fingerprint density at radius 1 is 1.21 bits per heavy atom. The van der Waals surface area contributed by atoms with E-state index in [0.717, 1.165) is 12.3 Å². The van der Waals surface area contributed by atoms with Crippen molar-refractivity contribution in [1.29, 1.82) is 0 Å². The van der Waals surface area contributed by atoms with Gasteiger partial charge < -0.3 is 14.3 Å². The Morgan fingerprint density at radius 2 is 1.92 bits per heavy atom. The molecule has 9 heteroatoms. The molecule has 0 aromatic carbocycles. The molecule has 1 fully saturated rings. The average Bonchev–Trinajstić information content (AvgIpc) is 3.00. The lowest BCUT2D eigenvalue weighted by Gasteiger charge is -2.35. The van der Waals surface area contributed by atoms with E-state index in [9.17, 15) is 18.0 Å². The van der Waals surface area contributed by atoms with Crippen LogP contribution in [0, 0.1) is 6.92 Å². The second kappa shape index (κ2) is 6.14. The molecule has 3 heterocycles. The molecule has 0 atom stereocenters. The molecule has 2 aromatic heterocycles. The lowest BCUT2D eigenvalue weighted by atomic mass is 10.2. The molecule has 1 aliphatic heterocycles. The highest BCUT2D eigenvalue weighted by molar-refractivity contribution is 5.92. The Hall–Kier alpha value is -2.58. The number of aromatic nitrogens is 2. The maximum absolute atomic E-state index is 12.6. The highest BCUT2D eigenvalue weighted by Crippen LogP contribution is 2.29. The number of piperazine rings is 1. The Labute approximate surface area is 135 Å². The number of pyridine rings is 1. The summed E-state index contributed by atoms with van der Waals surface area (Å²) in [6.45, 7) is 3.56. The zero-order chi connectivity index (χ0) is 17.3. The first-order chi connectivity index (χ1) is 11.3. The quantitative estimate of drug-likeness (QED) is 0.840. The number of aryl methyl sites for hydroxylation is 1. The Kier molecular flexibility index (Phi) is 4.16. The second-order valence-electron chi connectivity index (χ2n) is 5.50. The van der Waals surface area contributed by atoms with Gasteiger partial charge in [0.05, 0.1) is 5.56 Å². The molecular formula is C15H15F3N4O2. The lowest BCUT2D eigenvalue weighted by Crippen LogP contribution is -2.49. The van der Waals surface area contributed by atoms with Crippen LogP contribution in [-0.2, 0) is 6.18 Å². The van der Waals surface area contributed by atoms with Crippen molar-refractivity contribution in [3.8, 4) is 0 Å². The number of alkyl halides is 3. The van der Waals surface area contributed by atoms with Crippen molar-refractivity contribution in [1.82, 2.24) is 15.0 Å². The van der Waals surface area contributed by atoms with Gasteiger partial charge in [0.1, 0.15) is 11.6 Å². The van der Waals surface area contributed by atoms with Crippen LogP contribution in [0.15, 0.2) is 28.9 Å². The molecule has 1 aliphatic rings. The molecule has 24 heavy (non-hydrogen) atoms. The topological polar surface area (TPSA) is 62.5 Å². The van der Waals surface area contributed by atoms with Crippen LogP contribution in [0.3, 0.4) is 0 Å². The second-order valence-corrected chi connectivity index (χ2v) is 5.50. The number of nitrogens with zero attached hydrogens (tertiary/aromatic N) is 4. The van der Waals surface area contributed by atoms with E-state index in [-0.39, 0.29) is 11.6 Å². The van der Waals surface area contributed by atoms with Crippen LogP contribution in [0.4, 0.5) is 19.0 Å². The van der Waals surface area contributed by atoms with Gasteiger partial charge in [0.15, 0.2) is 5.69 Å². The fraction of sp³-hybridized carbons (Fsp3) is 0.400. The summed E-state index contributed by atoms with van der Waals surface area (Å²) in [6, 6.07) is 3.94. The number of carbonyl (C=O) groups is 1. The summed E-state index contributed by atoms with van der Waals surface area (Å²) in [5, 5.41) is 3.70. The first kappa shape index (κ1) is 16.3. The van der Waals surface area contributed by atoms with Crippen LogP contribution in [0.5, 0.6) is 0 Å². The van der Waals surface area contributed by atoms with Gasteiger partial charge in [0, 0.05) is 38.4 Å². The molecule has 1 saturated heterocycles. The first-order valence-electron chi connectivity index (χ1n) is 7.35. The number of hydrogen-bond acceptors (Lipinski definition) is 5. The molecule has 2 aromatic rings. The highest BCUT2D eigenvalue weighted by Gasteiger charge is 2.31. The zero-order valence-corrected chi connectivity index (χ0v) is 12.9. The third kappa shape index (κ3) is 3.34. The van der Waals surface area contributed by atoms with Gasteiger partial charge in [0.25, 0.3) is 5.91 Å². The Bertz CT molecular complexity index is 719. The molecule has 0 unspecified atom stereocenters. The minimum atomic E-state index is -4.40. The van der Waals surface area contributed by atoms with Crippen molar-refractivity contribution in [3.05, 3.63) is 41.4 Å². The normalized spacial score (nSPS) is 15.7.